The van der Waals surface area contributed by atoms with Crippen LogP contribution in [0.25, 0.3) is 0 Å². The zero-order valence-corrected chi connectivity index (χ0v) is 60.0. The Morgan fingerprint density at radius 1 is 0.341 bits per heavy atom. The number of allylic oxidation sites excluding steroid dienone is 18. The lowest BCUT2D eigenvalue weighted by Gasteiger charge is -2.25. The first-order valence-corrected chi connectivity index (χ1v) is 38.1. The number of hydrogen-bond donors (Lipinski definition) is 1. The molecule has 0 heterocycles. The van der Waals surface area contributed by atoms with Crippen LogP contribution in [0.15, 0.2) is 109 Å². The SMILES string of the molecule is CC/C=C\C/C=C\C/C=C\C/C=C\C/C=C\C/C=C\C/C=C\C/C=C\CCCCCCCCCCCCC(=O)OC(COC(=O)CCCCCCCCCCCCCCCCCCCCC/C=C\CCCCCCCCCC)COC(OCC[N+](C)(C)C)C(=O)O. The number of esters is 2. The third-order valence-corrected chi connectivity index (χ3v) is 16.5. The van der Waals surface area contributed by atoms with E-state index in [1.54, 1.807) is 0 Å². The van der Waals surface area contributed by atoms with Crippen LogP contribution in [-0.2, 0) is 33.3 Å². The van der Waals surface area contributed by atoms with E-state index in [-0.39, 0.29) is 32.2 Å². The zero-order chi connectivity index (χ0) is 66.1. The van der Waals surface area contributed by atoms with Crippen LogP contribution in [0.5, 0.6) is 0 Å². The molecule has 0 aliphatic carbocycles. The lowest BCUT2D eigenvalue weighted by atomic mass is 10.0. The van der Waals surface area contributed by atoms with Crippen molar-refractivity contribution in [1.29, 1.82) is 0 Å². The molecule has 0 aliphatic rings. The number of rotatable bonds is 70. The highest BCUT2D eigenvalue weighted by Crippen LogP contribution is 2.18. The number of carbonyl (C=O) groups is 3. The van der Waals surface area contributed by atoms with Gasteiger partial charge in [-0.05, 0) is 103 Å². The predicted octanol–water partition coefficient (Wildman–Crippen LogP) is 24.1. The van der Waals surface area contributed by atoms with Gasteiger partial charge in [0.25, 0.3) is 6.29 Å². The second kappa shape index (κ2) is 71.8. The molecule has 0 saturated heterocycles. The molecule has 9 nitrogen and oxygen atoms in total. The van der Waals surface area contributed by atoms with Crippen LogP contribution in [-0.4, -0.2) is 87.4 Å². The molecule has 0 spiro atoms. The zero-order valence-electron chi connectivity index (χ0n) is 60.0. The van der Waals surface area contributed by atoms with Gasteiger partial charge >= 0.3 is 17.9 Å². The van der Waals surface area contributed by atoms with Crippen molar-refractivity contribution < 1.29 is 42.9 Å². The molecule has 0 aromatic heterocycles. The molecule has 0 fully saturated rings. The number of carboxylic acids is 1. The van der Waals surface area contributed by atoms with Crippen molar-refractivity contribution in [3.05, 3.63) is 109 Å². The largest absolute Gasteiger partial charge is 0.477 e. The summed E-state index contributed by atoms with van der Waals surface area (Å²) >= 11 is 0. The highest BCUT2D eigenvalue weighted by Gasteiger charge is 2.25. The molecule has 524 valence electrons. The highest BCUT2D eigenvalue weighted by atomic mass is 16.7. The van der Waals surface area contributed by atoms with E-state index < -0.39 is 24.3 Å². The van der Waals surface area contributed by atoms with Gasteiger partial charge in [-0.3, -0.25) is 9.59 Å². The molecule has 2 unspecified atom stereocenters. The van der Waals surface area contributed by atoms with E-state index in [1.165, 1.54) is 205 Å². The Bertz CT molecular complexity index is 1870. The van der Waals surface area contributed by atoms with Gasteiger partial charge in [-0.1, -0.05) is 329 Å². The predicted molar refractivity (Wildman–Crippen MR) is 392 cm³/mol. The fourth-order valence-corrected chi connectivity index (χ4v) is 10.7. The van der Waals surface area contributed by atoms with Gasteiger partial charge in [-0.25, -0.2) is 4.79 Å². The van der Waals surface area contributed by atoms with E-state index in [4.69, 9.17) is 18.9 Å². The molecule has 9 heteroatoms. The number of quaternary nitrogens is 1. The van der Waals surface area contributed by atoms with E-state index in [0.29, 0.717) is 23.9 Å². The van der Waals surface area contributed by atoms with E-state index in [1.807, 2.05) is 21.1 Å². The minimum atomic E-state index is -1.52. The lowest BCUT2D eigenvalue weighted by Crippen LogP contribution is -2.40. The third-order valence-electron chi connectivity index (χ3n) is 16.5. The average molecular weight is 1270 g/mol. The smallest absolute Gasteiger partial charge is 0.361 e. The molecule has 0 amide bonds. The minimum absolute atomic E-state index is 0.184. The molecule has 1 N–H and O–H groups in total. The number of nitrogens with zero attached hydrogens (tertiary/aromatic N) is 1. The monoisotopic (exact) mass is 1270 g/mol. The van der Waals surface area contributed by atoms with Crippen molar-refractivity contribution in [3.63, 3.8) is 0 Å². The van der Waals surface area contributed by atoms with E-state index in [2.05, 4.69) is 123 Å². The van der Waals surface area contributed by atoms with Crippen LogP contribution in [0.2, 0.25) is 0 Å². The molecule has 0 aromatic carbocycles. The molecule has 0 aliphatic heterocycles. The van der Waals surface area contributed by atoms with Gasteiger partial charge in [0.1, 0.15) is 13.2 Å². The lowest BCUT2D eigenvalue weighted by molar-refractivity contribution is -0.870. The number of aliphatic carboxylic acids is 1. The summed E-state index contributed by atoms with van der Waals surface area (Å²) in [6, 6.07) is 0. The Kier molecular flexibility index (Phi) is 68.6. The maximum Gasteiger partial charge on any atom is 0.361 e. The van der Waals surface area contributed by atoms with Crippen LogP contribution in [0.4, 0.5) is 0 Å². The van der Waals surface area contributed by atoms with Gasteiger partial charge in [0, 0.05) is 12.8 Å². The molecule has 0 rings (SSSR count). The second-order valence-electron chi connectivity index (χ2n) is 26.6. The normalized spacial score (nSPS) is 13.3. The number of carbonyl (C=O) groups excluding carboxylic acids is 2. The molecular formula is C82H144NO8+. The van der Waals surface area contributed by atoms with Gasteiger partial charge < -0.3 is 28.5 Å². The van der Waals surface area contributed by atoms with Gasteiger partial charge in [0.2, 0.25) is 0 Å². The third kappa shape index (κ3) is 73.2. The van der Waals surface area contributed by atoms with Crippen molar-refractivity contribution in [3.8, 4) is 0 Å². The summed E-state index contributed by atoms with van der Waals surface area (Å²) in [5.41, 5.74) is 0. The van der Waals surface area contributed by atoms with Crippen LogP contribution in [0.1, 0.15) is 335 Å². The Balaban J connectivity index is 4.09. The first-order chi connectivity index (χ1) is 44.6. The summed E-state index contributed by atoms with van der Waals surface area (Å²) < 4.78 is 23.0. The molecule has 91 heavy (non-hydrogen) atoms. The van der Waals surface area contributed by atoms with Crippen molar-refractivity contribution in [2.45, 2.75) is 347 Å². The van der Waals surface area contributed by atoms with Crippen molar-refractivity contribution in [1.82, 2.24) is 0 Å². The molecular weight excluding hydrogens is 1130 g/mol. The molecule has 2 atom stereocenters. The second-order valence-corrected chi connectivity index (χ2v) is 26.6. The molecule has 0 radical (unpaired) electrons. The summed E-state index contributed by atoms with van der Waals surface area (Å²) in [5, 5.41) is 9.76. The molecule has 0 saturated carbocycles. The summed E-state index contributed by atoms with van der Waals surface area (Å²) in [6.45, 7) is 4.79. The Labute approximate surface area is 562 Å². The molecule has 0 aromatic rings. The van der Waals surface area contributed by atoms with E-state index in [9.17, 15) is 19.5 Å². The average Bonchev–Trinajstić information content (AvgIpc) is 3.46. The highest BCUT2D eigenvalue weighted by molar-refractivity contribution is 5.71. The van der Waals surface area contributed by atoms with Gasteiger partial charge in [-0.2, -0.15) is 0 Å². The summed E-state index contributed by atoms with van der Waals surface area (Å²) in [4.78, 5) is 37.7. The number of carboxylic acid groups (broad SMARTS) is 1. The van der Waals surface area contributed by atoms with Crippen LogP contribution in [0, 0.1) is 0 Å². The van der Waals surface area contributed by atoms with Crippen molar-refractivity contribution >= 4 is 17.9 Å². The van der Waals surface area contributed by atoms with Crippen LogP contribution < -0.4 is 0 Å². The van der Waals surface area contributed by atoms with Gasteiger partial charge in [0.05, 0.1) is 34.4 Å². The Morgan fingerprint density at radius 3 is 0.945 bits per heavy atom. The van der Waals surface area contributed by atoms with Crippen molar-refractivity contribution in [2.24, 2.45) is 0 Å². The quantitative estimate of drug-likeness (QED) is 0.0211. The van der Waals surface area contributed by atoms with Crippen LogP contribution >= 0.6 is 0 Å². The van der Waals surface area contributed by atoms with E-state index >= 15 is 0 Å². The number of unbranched alkanes of at least 4 members (excludes halogenated alkanes) is 37. The summed E-state index contributed by atoms with van der Waals surface area (Å²) in [6.07, 6.45) is 97.9. The van der Waals surface area contributed by atoms with Crippen LogP contribution in [0.3, 0.4) is 0 Å². The fraction of sp³-hybridized carbons (Fsp3) is 0.744. The maximum atomic E-state index is 13.0. The molecule has 0 bridgehead atoms. The first kappa shape index (κ1) is 87.0. The number of hydrogen-bond acceptors (Lipinski definition) is 7. The number of ether oxygens (including phenoxy) is 4. The standard InChI is InChI=1S/C82H143NO8/c1-6-8-10-12-14-16-18-20-22-24-26-28-30-32-34-36-38-39-40-41-43-45-47-49-51-53-55-57-59-61-63-65-67-69-71-73-80(85)91-78(77-90-82(81(86)87)88-75-74-83(3,4)5)76-89-79(84)72-70-68-66-64-62-60-58-56-54-52-50-48-46-44-42-37-35-33-31-29-27-25-23-21-19-17-15-13-11-9-7-2/h8,10,14,16,20,22,25-28,32,34,38-39,41,43,47,49,78,82H,6-7,9,11-13,15,17-19,21,23-24,29-31,33,35-37,40,42,44-46,48,50-77H2,1-5H3/p+1/b10-8-,16-14-,22-20-,27-25-,28-26-,34-32-,39-38-,43-41-,49-47-. The van der Waals surface area contributed by atoms with E-state index in [0.717, 1.165) is 96.3 Å². The number of likely N-dealkylation sites (N-methyl/N-ethyl adjacent to an activating group) is 1. The Morgan fingerprint density at radius 2 is 0.626 bits per heavy atom. The maximum absolute atomic E-state index is 13.0. The summed E-state index contributed by atoms with van der Waals surface area (Å²) in [7, 11) is 5.98. The van der Waals surface area contributed by atoms with Gasteiger partial charge in [-0.15, -0.1) is 0 Å². The topological polar surface area (TPSA) is 108 Å². The first-order valence-electron chi connectivity index (χ1n) is 38.1. The fourth-order valence-electron chi connectivity index (χ4n) is 10.7. The van der Waals surface area contributed by atoms with Crippen molar-refractivity contribution in [2.75, 3.05) is 47.5 Å². The van der Waals surface area contributed by atoms with Gasteiger partial charge in [0.15, 0.2) is 6.10 Å². The summed E-state index contributed by atoms with van der Waals surface area (Å²) in [5.74, 6) is -2.00. The Hall–Kier alpha value is -4.05. The minimum Gasteiger partial charge on any atom is -0.477 e.